The van der Waals surface area contributed by atoms with E-state index >= 15 is 0 Å². The quantitative estimate of drug-likeness (QED) is 0.926. The van der Waals surface area contributed by atoms with Crippen molar-refractivity contribution in [1.29, 1.82) is 0 Å². The molecule has 126 valence electrons. The van der Waals surface area contributed by atoms with Gasteiger partial charge in [0, 0.05) is 6.42 Å². The van der Waals surface area contributed by atoms with Gasteiger partial charge in [-0.05, 0) is 57.0 Å². The van der Waals surface area contributed by atoms with Crippen molar-refractivity contribution in [3.05, 3.63) is 29.3 Å². The molecule has 6 nitrogen and oxygen atoms in total. The van der Waals surface area contributed by atoms with Gasteiger partial charge in [-0.3, -0.25) is 0 Å². The second-order valence-corrected chi connectivity index (χ2v) is 6.54. The van der Waals surface area contributed by atoms with Gasteiger partial charge in [-0.1, -0.05) is 5.16 Å². The highest BCUT2D eigenvalue weighted by Gasteiger charge is 2.24. The molecule has 1 aliphatic rings. The molecule has 0 bridgehead atoms. The molecule has 1 aromatic carbocycles. The minimum atomic E-state index is -0.511. The van der Waals surface area contributed by atoms with Crippen LogP contribution in [0, 0.1) is 6.92 Å². The molecular weight excluding hydrogens is 296 g/mol. The maximum absolute atomic E-state index is 11.6. The van der Waals surface area contributed by atoms with E-state index in [1.807, 2.05) is 45.9 Å². The highest BCUT2D eigenvalue weighted by atomic mass is 16.6. The standard InChI is InChI=1S/C17H24N2O4/c1-11-8-12(6-7-15(11)21-5)14-9-13(23-19-14)10-18-16(20)22-17(2,3)4/h6-8,13H,9-10H2,1-5H3,(H,18,20). The van der Waals surface area contributed by atoms with E-state index in [1.54, 1.807) is 7.11 Å². The van der Waals surface area contributed by atoms with Crippen molar-refractivity contribution in [1.82, 2.24) is 5.32 Å². The van der Waals surface area contributed by atoms with Gasteiger partial charge < -0.3 is 19.6 Å². The van der Waals surface area contributed by atoms with Gasteiger partial charge in [0.25, 0.3) is 0 Å². The number of carbonyl (C=O) groups is 1. The zero-order chi connectivity index (χ0) is 17.0. The lowest BCUT2D eigenvalue weighted by Crippen LogP contribution is -2.37. The van der Waals surface area contributed by atoms with Crippen molar-refractivity contribution < 1.29 is 19.1 Å². The van der Waals surface area contributed by atoms with Gasteiger partial charge >= 0.3 is 6.09 Å². The summed E-state index contributed by atoms with van der Waals surface area (Å²) in [4.78, 5) is 17.0. The number of oxime groups is 1. The van der Waals surface area contributed by atoms with Crippen LogP contribution in [-0.4, -0.2) is 37.2 Å². The molecule has 1 aromatic rings. The summed E-state index contributed by atoms with van der Waals surface area (Å²) in [5.41, 5.74) is 2.40. The smallest absolute Gasteiger partial charge is 0.407 e. The number of nitrogens with zero attached hydrogens (tertiary/aromatic N) is 1. The van der Waals surface area contributed by atoms with Crippen LogP contribution in [0.2, 0.25) is 0 Å². The molecule has 0 aliphatic carbocycles. The van der Waals surface area contributed by atoms with Crippen LogP contribution >= 0.6 is 0 Å². The minimum Gasteiger partial charge on any atom is -0.496 e. The maximum Gasteiger partial charge on any atom is 0.407 e. The molecular formula is C17H24N2O4. The summed E-state index contributed by atoms with van der Waals surface area (Å²) in [5, 5.41) is 6.82. The summed E-state index contributed by atoms with van der Waals surface area (Å²) >= 11 is 0. The summed E-state index contributed by atoms with van der Waals surface area (Å²) in [7, 11) is 1.65. The van der Waals surface area contributed by atoms with Crippen molar-refractivity contribution >= 4 is 11.8 Å². The van der Waals surface area contributed by atoms with Crippen molar-refractivity contribution in [2.24, 2.45) is 5.16 Å². The Morgan fingerprint density at radius 1 is 1.43 bits per heavy atom. The van der Waals surface area contributed by atoms with Crippen LogP contribution < -0.4 is 10.1 Å². The van der Waals surface area contributed by atoms with Crippen LogP contribution in [0.3, 0.4) is 0 Å². The van der Waals surface area contributed by atoms with Crippen LogP contribution in [0.25, 0.3) is 0 Å². The number of hydrogen-bond acceptors (Lipinski definition) is 5. The monoisotopic (exact) mass is 320 g/mol. The average Bonchev–Trinajstić information content (AvgIpc) is 2.92. The highest BCUT2D eigenvalue weighted by molar-refractivity contribution is 6.01. The van der Waals surface area contributed by atoms with Crippen molar-refractivity contribution in [3.8, 4) is 5.75 Å². The van der Waals surface area contributed by atoms with E-state index in [-0.39, 0.29) is 6.10 Å². The van der Waals surface area contributed by atoms with Crippen LogP contribution in [0.4, 0.5) is 4.79 Å². The van der Waals surface area contributed by atoms with E-state index < -0.39 is 11.7 Å². The number of amides is 1. The summed E-state index contributed by atoms with van der Waals surface area (Å²) in [6.07, 6.45) is 0.0106. The lowest BCUT2D eigenvalue weighted by Gasteiger charge is -2.20. The Kier molecular flexibility index (Phi) is 5.13. The molecule has 1 heterocycles. The van der Waals surface area contributed by atoms with E-state index in [2.05, 4.69) is 10.5 Å². The number of alkyl carbamates (subject to hydrolysis) is 1. The number of carbonyl (C=O) groups excluding carboxylic acids is 1. The molecule has 0 fully saturated rings. The van der Waals surface area contributed by atoms with Crippen molar-refractivity contribution in [2.45, 2.75) is 45.8 Å². The van der Waals surface area contributed by atoms with Gasteiger partial charge in [-0.25, -0.2) is 4.79 Å². The molecule has 6 heteroatoms. The Morgan fingerprint density at radius 2 is 2.17 bits per heavy atom. The summed E-state index contributed by atoms with van der Waals surface area (Å²) in [6.45, 7) is 7.82. The largest absolute Gasteiger partial charge is 0.496 e. The van der Waals surface area contributed by atoms with Gasteiger partial charge in [-0.2, -0.15) is 0 Å². The Bertz CT molecular complexity index is 605. The fourth-order valence-electron chi connectivity index (χ4n) is 2.28. The van der Waals surface area contributed by atoms with E-state index in [0.29, 0.717) is 13.0 Å². The molecule has 1 aliphatic heterocycles. The van der Waals surface area contributed by atoms with E-state index in [4.69, 9.17) is 14.3 Å². The van der Waals surface area contributed by atoms with Gasteiger partial charge in [0.2, 0.25) is 0 Å². The fraction of sp³-hybridized carbons (Fsp3) is 0.529. The molecule has 1 unspecified atom stereocenters. The minimum absolute atomic E-state index is 0.181. The molecule has 2 rings (SSSR count). The first-order valence-corrected chi connectivity index (χ1v) is 7.63. The zero-order valence-corrected chi connectivity index (χ0v) is 14.3. The molecule has 0 spiro atoms. The molecule has 1 N–H and O–H groups in total. The summed E-state index contributed by atoms with van der Waals surface area (Å²) < 4.78 is 10.4. The molecule has 0 saturated carbocycles. The second kappa shape index (κ2) is 6.89. The molecule has 1 amide bonds. The predicted molar refractivity (Wildman–Crippen MR) is 88.0 cm³/mol. The molecule has 0 radical (unpaired) electrons. The van der Waals surface area contributed by atoms with Crippen LogP contribution in [-0.2, 0) is 9.57 Å². The maximum atomic E-state index is 11.6. The number of methoxy groups -OCH3 is 1. The third-order valence-corrected chi connectivity index (χ3v) is 3.33. The summed E-state index contributed by atoms with van der Waals surface area (Å²) in [6, 6.07) is 5.89. The zero-order valence-electron chi connectivity index (χ0n) is 14.3. The number of rotatable bonds is 4. The van der Waals surface area contributed by atoms with Crippen molar-refractivity contribution in [3.63, 3.8) is 0 Å². The third-order valence-electron chi connectivity index (χ3n) is 3.33. The van der Waals surface area contributed by atoms with E-state index in [0.717, 1.165) is 22.6 Å². The number of aryl methyl sites for hydroxylation is 1. The highest BCUT2D eigenvalue weighted by Crippen LogP contribution is 2.22. The summed E-state index contributed by atoms with van der Waals surface area (Å²) in [5.74, 6) is 0.844. The van der Waals surface area contributed by atoms with Crippen LogP contribution in [0.5, 0.6) is 5.75 Å². The van der Waals surface area contributed by atoms with Crippen LogP contribution in [0.1, 0.15) is 38.3 Å². The predicted octanol–water partition coefficient (Wildman–Crippen LogP) is 3.02. The molecule has 0 aromatic heterocycles. The number of benzene rings is 1. The third kappa shape index (κ3) is 4.87. The molecule has 0 saturated heterocycles. The van der Waals surface area contributed by atoms with Crippen LogP contribution in [0.15, 0.2) is 23.4 Å². The number of nitrogens with one attached hydrogen (secondary N) is 1. The Balaban J connectivity index is 1.86. The SMILES string of the molecule is COc1ccc(C2=NOC(CNC(=O)OC(C)(C)C)C2)cc1C. The van der Waals surface area contributed by atoms with E-state index in [1.165, 1.54) is 0 Å². The first-order chi connectivity index (χ1) is 10.8. The van der Waals surface area contributed by atoms with Gasteiger partial charge in [-0.15, -0.1) is 0 Å². The Labute approximate surface area is 136 Å². The number of hydrogen-bond donors (Lipinski definition) is 1. The lowest BCUT2D eigenvalue weighted by atomic mass is 10.0. The van der Waals surface area contributed by atoms with Crippen molar-refractivity contribution in [2.75, 3.05) is 13.7 Å². The van der Waals surface area contributed by atoms with Gasteiger partial charge in [0.05, 0.1) is 19.4 Å². The average molecular weight is 320 g/mol. The van der Waals surface area contributed by atoms with Gasteiger partial charge in [0.15, 0.2) is 6.10 Å². The van der Waals surface area contributed by atoms with Gasteiger partial charge in [0.1, 0.15) is 11.4 Å². The van der Waals surface area contributed by atoms with E-state index in [9.17, 15) is 4.79 Å². The molecule has 1 atom stereocenters. The first-order valence-electron chi connectivity index (χ1n) is 7.63. The first kappa shape index (κ1) is 17.1. The fourth-order valence-corrected chi connectivity index (χ4v) is 2.28. The Morgan fingerprint density at radius 3 is 2.78 bits per heavy atom. The molecule has 23 heavy (non-hydrogen) atoms. The topological polar surface area (TPSA) is 69.2 Å². The Hall–Kier alpha value is -2.24. The normalized spacial score (nSPS) is 17.3. The second-order valence-electron chi connectivity index (χ2n) is 6.54. The lowest BCUT2D eigenvalue weighted by molar-refractivity contribution is 0.0439. The number of ether oxygens (including phenoxy) is 2.